The number of amides is 2. The lowest BCUT2D eigenvalue weighted by Crippen LogP contribution is -2.55. The molecule has 2 amide bonds. The highest BCUT2D eigenvalue weighted by molar-refractivity contribution is 6.31. The summed E-state index contributed by atoms with van der Waals surface area (Å²) in [5.41, 5.74) is 0.898. The second kappa shape index (κ2) is 9.01. The summed E-state index contributed by atoms with van der Waals surface area (Å²) in [6.45, 7) is 4.98. The summed E-state index contributed by atoms with van der Waals surface area (Å²) < 4.78 is 4.87. The third-order valence-electron chi connectivity index (χ3n) is 4.27. The first-order valence-electron chi connectivity index (χ1n) is 8.04. The van der Waals surface area contributed by atoms with Crippen LogP contribution >= 0.6 is 11.6 Å². The van der Waals surface area contributed by atoms with E-state index in [1.54, 1.807) is 4.90 Å². The van der Waals surface area contributed by atoms with E-state index in [9.17, 15) is 9.59 Å². The van der Waals surface area contributed by atoms with Crippen molar-refractivity contribution >= 4 is 23.4 Å². The fraction of sp³-hybridized carbons (Fsp3) is 0.529. The molecule has 1 atom stereocenters. The number of hydrogen-bond acceptors (Lipinski definition) is 4. The largest absolute Gasteiger partial charge is 0.375 e. The van der Waals surface area contributed by atoms with Crippen LogP contribution in [0.5, 0.6) is 0 Å². The number of ether oxygens (including phenoxy) is 1. The molecule has 1 aliphatic heterocycles. The van der Waals surface area contributed by atoms with E-state index in [4.69, 9.17) is 16.3 Å². The Bertz CT molecular complexity index is 574. The SMILES string of the molecule is COCC(=O)N1CCN(C(C)C(=O)NCc2ccccc2Cl)CC1. The molecule has 7 heteroatoms. The standard InChI is InChI=1S/C17H24ClN3O3/c1-13(17(23)19-11-14-5-3-4-6-15(14)18)20-7-9-21(10-8-20)16(22)12-24-2/h3-6,13H,7-12H2,1-2H3,(H,19,23). The van der Waals surface area contributed by atoms with E-state index >= 15 is 0 Å². The average molecular weight is 354 g/mol. The first-order chi connectivity index (χ1) is 11.5. The van der Waals surface area contributed by atoms with Gasteiger partial charge in [0.2, 0.25) is 11.8 Å². The highest BCUT2D eigenvalue weighted by atomic mass is 35.5. The van der Waals surface area contributed by atoms with E-state index in [-0.39, 0.29) is 24.5 Å². The van der Waals surface area contributed by atoms with Crippen molar-refractivity contribution in [2.24, 2.45) is 0 Å². The van der Waals surface area contributed by atoms with Gasteiger partial charge in [-0.2, -0.15) is 0 Å². The first-order valence-corrected chi connectivity index (χ1v) is 8.42. The Labute approximate surface area is 147 Å². The van der Waals surface area contributed by atoms with Gasteiger partial charge < -0.3 is 15.0 Å². The predicted molar refractivity (Wildman–Crippen MR) is 92.8 cm³/mol. The van der Waals surface area contributed by atoms with Crippen molar-refractivity contribution in [3.8, 4) is 0 Å². The summed E-state index contributed by atoms with van der Waals surface area (Å²) in [6.07, 6.45) is 0. The van der Waals surface area contributed by atoms with E-state index in [0.29, 0.717) is 37.7 Å². The number of benzene rings is 1. The van der Waals surface area contributed by atoms with Crippen LogP contribution in [-0.4, -0.2) is 67.6 Å². The minimum absolute atomic E-state index is 0.00651. The van der Waals surface area contributed by atoms with Crippen molar-refractivity contribution in [1.82, 2.24) is 15.1 Å². The number of methoxy groups -OCH3 is 1. The second-order valence-electron chi connectivity index (χ2n) is 5.83. The molecule has 1 heterocycles. The number of hydrogen-bond donors (Lipinski definition) is 1. The number of piperazine rings is 1. The van der Waals surface area contributed by atoms with E-state index in [1.807, 2.05) is 31.2 Å². The fourth-order valence-electron chi connectivity index (χ4n) is 2.71. The minimum atomic E-state index is -0.243. The van der Waals surface area contributed by atoms with Crippen LogP contribution in [0.3, 0.4) is 0 Å². The van der Waals surface area contributed by atoms with E-state index in [0.717, 1.165) is 5.56 Å². The molecule has 6 nitrogen and oxygen atoms in total. The molecule has 0 bridgehead atoms. The zero-order chi connectivity index (χ0) is 17.5. The number of nitrogens with zero attached hydrogens (tertiary/aromatic N) is 2. The summed E-state index contributed by atoms with van der Waals surface area (Å²) in [5.74, 6) is -0.0421. The summed E-state index contributed by atoms with van der Waals surface area (Å²) >= 11 is 6.10. The molecular weight excluding hydrogens is 330 g/mol. The van der Waals surface area contributed by atoms with Crippen LogP contribution in [0.25, 0.3) is 0 Å². The van der Waals surface area contributed by atoms with Crippen molar-refractivity contribution in [3.05, 3.63) is 34.9 Å². The van der Waals surface area contributed by atoms with Gasteiger partial charge in [0.15, 0.2) is 0 Å². The Morgan fingerprint density at radius 2 is 1.92 bits per heavy atom. The van der Waals surface area contributed by atoms with Crippen LogP contribution in [0, 0.1) is 0 Å². The zero-order valence-electron chi connectivity index (χ0n) is 14.1. The average Bonchev–Trinajstić information content (AvgIpc) is 2.60. The Morgan fingerprint density at radius 1 is 1.25 bits per heavy atom. The smallest absolute Gasteiger partial charge is 0.248 e. The molecule has 1 aliphatic rings. The van der Waals surface area contributed by atoms with Crippen molar-refractivity contribution < 1.29 is 14.3 Å². The van der Waals surface area contributed by atoms with Crippen LogP contribution in [0.4, 0.5) is 0 Å². The van der Waals surface area contributed by atoms with Crippen molar-refractivity contribution in [2.45, 2.75) is 19.5 Å². The predicted octanol–water partition coefficient (Wildman–Crippen LogP) is 1.14. The van der Waals surface area contributed by atoms with Crippen molar-refractivity contribution in [2.75, 3.05) is 39.9 Å². The lowest BCUT2D eigenvalue weighted by Gasteiger charge is -2.37. The summed E-state index contributed by atoms with van der Waals surface area (Å²) in [4.78, 5) is 28.0. The molecule has 1 fully saturated rings. The molecular formula is C17H24ClN3O3. The van der Waals surface area contributed by atoms with Gasteiger partial charge in [-0.15, -0.1) is 0 Å². The molecule has 0 aromatic heterocycles. The van der Waals surface area contributed by atoms with Gasteiger partial charge in [0, 0.05) is 44.9 Å². The van der Waals surface area contributed by atoms with Gasteiger partial charge >= 0.3 is 0 Å². The Hall–Kier alpha value is -1.63. The normalized spacial score (nSPS) is 16.7. The monoisotopic (exact) mass is 353 g/mol. The molecule has 1 aromatic carbocycles. The summed E-state index contributed by atoms with van der Waals surface area (Å²) in [7, 11) is 1.51. The number of rotatable bonds is 6. The fourth-order valence-corrected chi connectivity index (χ4v) is 2.91. The van der Waals surface area contributed by atoms with Crippen LogP contribution in [0.1, 0.15) is 12.5 Å². The van der Waals surface area contributed by atoms with Gasteiger partial charge in [0.25, 0.3) is 0 Å². The molecule has 1 saturated heterocycles. The van der Waals surface area contributed by atoms with Gasteiger partial charge in [-0.05, 0) is 18.6 Å². The van der Waals surface area contributed by atoms with Crippen LogP contribution in [0.2, 0.25) is 5.02 Å². The van der Waals surface area contributed by atoms with Gasteiger partial charge in [-0.25, -0.2) is 0 Å². The maximum Gasteiger partial charge on any atom is 0.248 e. The number of halogens is 1. The maximum atomic E-state index is 12.3. The number of carbonyl (C=O) groups is 2. The molecule has 0 saturated carbocycles. The molecule has 0 aliphatic carbocycles. The molecule has 1 unspecified atom stereocenters. The highest BCUT2D eigenvalue weighted by Gasteiger charge is 2.27. The third-order valence-corrected chi connectivity index (χ3v) is 4.64. The first kappa shape index (κ1) is 18.7. The van der Waals surface area contributed by atoms with Crippen molar-refractivity contribution in [3.63, 3.8) is 0 Å². The lowest BCUT2D eigenvalue weighted by molar-refractivity contribution is -0.137. The lowest BCUT2D eigenvalue weighted by atomic mass is 10.2. The van der Waals surface area contributed by atoms with Gasteiger partial charge in [0.05, 0.1) is 6.04 Å². The van der Waals surface area contributed by atoms with Crippen LogP contribution in [0.15, 0.2) is 24.3 Å². The molecule has 1 N–H and O–H groups in total. The van der Waals surface area contributed by atoms with Crippen LogP contribution in [-0.2, 0) is 20.9 Å². The Morgan fingerprint density at radius 3 is 2.54 bits per heavy atom. The summed E-state index contributed by atoms with van der Waals surface area (Å²) in [5, 5.41) is 3.57. The third kappa shape index (κ3) is 4.93. The summed E-state index contributed by atoms with van der Waals surface area (Å²) in [6, 6.07) is 7.22. The van der Waals surface area contributed by atoms with E-state index < -0.39 is 0 Å². The minimum Gasteiger partial charge on any atom is -0.375 e. The Kier molecular flexibility index (Phi) is 7.02. The maximum absolute atomic E-state index is 12.3. The van der Waals surface area contributed by atoms with Gasteiger partial charge in [-0.3, -0.25) is 14.5 Å². The molecule has 132 valence electrons. The Balaban J connectivity index is 1.80. The molecule has 24 heavy (non-hydrogen) atoms. The zero-order valence-corrected chi connectivity index (χ0v) is 14.9. The molecule has 2 rings (SSSR count). The topological polar surface area (TPSA) is 61.9 Å². The quantitative estimate of drug-likeness (QED) is 0.833. The highest BCUT2D eigenvalue weighted by Crippen LogP contribution is 2.14. The van der Waals surface area contributed by atoms with Crippen molar-refractivity contribution in [1.29, 1.82) is 0 Å². The molecule has 0 radical (unpaired) electrons. The van der Waals surface area contributed by atoms with Crippen LogP contribution < -0.4 is 5.32 Å². The van der Waals surface area contributed by atoms with Gasteiger partial charge in [-0.1, -0.05) is 29.8 Å². The number of carbonyl (C=O) groups excluding carboxylic acids is 2. The van der Waals surface area contributed by atoms with E-state index in [2.05, 4.69) is 10.2 Å². The molecule has 1 aromatic rings. The second-order valence-corrected chi connectivity index (χ2v) is 6.24. The van der Waals surface area contributed by atoms with E-state index in [1.165, 1.54) is 7.11 Å². The van der Waals surface area contributed by atoms with Gasteiger partial charge in [0.1, 0.15) is 6.61 Å². The number of nitrogens with one attached hydrogen (secondary N) is 1. The molecule has 0 spiro atoms.